The summed E-state index contributed by atoms with van der Waals surface area (Å²) in [5, 5.41) is 0.482. The summed E-state index contributed by atoms with van der Waals surface area (Å²) in [6.07, 6.45) is 0. The van der Waals surface area contributed by atoms with Gasteiger partial charge in [-0.1, -0.05) is 11.6 Å². The van der Waals surface area contributed by atoms with Gasteiger partial charge in [-0.2, -0.15) is 12.1 Å². The first-order valence-electron chi connectivity index (χ1n) is 7.29. The number of hydrogen-bond acceptors (Lipinski definition) is 3. The Morgan fingerprint density at radius 3 is 2.21 bits per heavy atom. The molecule has 0 fully saturated rings. The summed E-state index contributed by atoms with van der Waals surface area (Å²) < 4.78 is 10.9. The Labute approximate surface area is 150 Å². The molecule has 0 saturated carbocycles. The van der Waals surface area contributed by atoms with Crippen molar-refractivity contribution >= 4 is 11.0 Å². The molecule has 0 saturated heterocycles. The molecule has 0 N–H and O–H groups in total. The normalized spacial score (nSPS) is 9.71. The van der Waals surface area contributed by atoms with Crippen molar-refractivity contribution in [1.29, 1.82) is 0 Å². The first kappa shape index (κ1) is 17.8. The van der Waals surface area contributed by atoms with E-state index in [1.54, 1.807) is 25.3 Å². The summed E-state index contributed by atoms with van der Waals surface area (Å²) in [6, 6.07) is 24.5. The maximum absolute atomic E-state index is 12.1. The molecular formula is C20H16FeO3-6. The quantitative estimate of drug-likeness (QED) is 0.388. The van der Waals surface area contributed by atoms with Crippen molar-refractivity contribution in [2.24, 2.45) is 0 Å². The van der Waals surface area contributed by atoms with Gasteiger partial charge in [0.05, 0.1) is 18.3 Å². The summed E-state index contributed by atoms with van der Waals surface area (Å²) in [4.78, 5) is 12.1. The molecule has 4 rings (SSSR count). The topological polar surface area (TPSA) is 39.4 Å². The minimum absolute atomic E-state index is 0. The Hall–Kier alpha value is -2.55. The van der Waals surface area contributed by atoms with Crippen LogP contribution in [-0.4, -0.2) is 7.11 Å². The van der Waals surface area contributed by atoms with Crippen LogP contribution in [0, 0.1) is 0 Å². The van der Waals surface area contributed by atoms with E-state index in [0.29, 0.717) is 22.5 Å². The van der Waals surface area contributed by atoms with Gasteiger partial charge in [0.25, 0.3) is 0 Å². The van der Waals surface area contributed by atoms with E-state index in [9.17, 15) is 4.79 Å². The van der Waals surface area contributed by atoms with E-state index < -0.39 is 0 Å². The molecule has 0 aliphatic rings. The third-order valence-electron chi connectivity index (χ3n) is 3.44. The average Bonchev–Trinajstić information content (AvgIpc) is 3.29. The van der Waals surface area contributed by atoms with Crippen LogP contribution < -0.4 is 10.2 Å². The van der Waals surface area contributed by atoms with Crippen molar-refractivity contribution in [2.45, 2.75) is 0 Å². The molecule has 0 bridgehead atoms. The molecule has 24 heavy (non-hydrogen) atoms. The predicted molar refractivity (Wildman–Crippen MR) is 92.1 cm³/mol. The number of hydrogen-bond donors (Lipinski definition) is 0. The van der Waals surface area contributed by atoms with Crippen molar-refractivity contribution in [3.05, 3.63) is 89.1 Å². The predicted octanol–water partition coefficient (Wildman–Crippen LogP) is 4.59. The molecule has 3 aromatic carbocycles. The number of methoxy groups -OCH3 is 1. The fraction of sp³-hybridized carbons (Fsp3) is 0.0500. The fourth-order valence-electron chi connectivity index (χ4n) is 2.35. The third kappa shape index (κ3) is 3.85. The van der Waals surface area contributed by atoms with Gasteiger partial charge in [-0.15, -0.1) is 12.1 Å². The molecule has 0 atom stereocenters. The molecule has 3 nitrogen and oxygen atoms in total. The van der Waals surface area contributed by atoms with Crippen LogP contribution in [0.25, 0.3) is 22.3 Å². The van der Waals surface area contributed by atoms with Gasteiger partial charge in [-0.05, 0) is 18.2 Å². The Bertz CT molecular complexity index is 902. The first-order valence-corrected chi connectivity index (χ1v) is 7.29. The Morgan fingerprint density at radius 2 is 1.62 bits per heavy atom. The third-order valence-corrected chi connectivity index (χ3v) is 3.44. The molecule has 0 radical (unpaired) electrons. The fourth-order valence-corrected chi connectivity index (χ4v) is 2.35. The second-order valence-electron chi connectivity index (χ2n) is 4.94. The maximum atomic E-state index is 12.1. The minimum atomic E-state index is -0.0927. The molecular weight excluding hydrogens is 344 g/mol. The van der Waals surface area contributed by atoms with Crippen molar-refractivity contribution in [1.82, 2.24) is 0 Å². The molecule has 0 spiro atoms. The van der Waals surface area contributed by atoms with Gasteiger partial charge in [0.1, 0.15) is 11.3 Å². The van der Waals surface area contributed by atoms with Crippen molar-refractivity contribution in [3.8, 4) is 17.1 Å². The van der Waals surface area contributed by atoms with Crippen molar-refractivity contribution in [2.75, 3.05) is 7.11 Å². The zero-order valence-electron chi connectivity index (χ0n) is 13.1. The molecule has 0 amide bonds. The summed E-state index contributed by atoms with van der Waals surface area (Å²) in [7, 11) is 1.54. The van der Waals surface area contributed by atoms with Crippen molar-refractivity contribution in [3.63, 3.8) is 0 Å². The summed E-state index contributed by atoms with van der Waals surface area (Å²) in [5.41, 5.74) is 1.35. The van der Waals surface area contributed by atoms with Crippen LogP contribution in [-0.2, 0) is 17.1 Å². The Morgan fingerprint density at radius 1 is 1.00 bits per heavy atom. The summed E-state index contributed by atoms with van der Waals surface area (Å²) >= 11 is 0. The van der Waals surface area contributed by atoms with Crippen LogP contribution in [0.2, 0.25) is 0 Å². The van der Waals surface area contributed by atoms with Gasteiger partial charge in [0, 0.05) is 17.1 Å². The maximum Gasteiger partial charge on any atom is 0.157 e. The van der Waals surface area contributed by atoms with Crippen LogP contribution in [0.3, 0.4) is 0 Å². The zero-order valence-corrected chi connectivity index (χ0v) is 14.2. The zero-order chi connectivity index (χ0) is 16.1. The van der Waals surface area contributed by atoms with Gasteiger partial charge in [0.15, 0.2) is 5.43 Å². The summed E-state index contributed by atoms with van der Waals surface area (Å²) in [6.45, 7) is 0. The molecule has 4 aromatic rings. The monoisotopic (exact) mass is 360 g/mol. The van der Waals surface area contributed by atoms with Crippen molar-refractivity contribution < 1.29 is 26.2 Å². The molecule has 1 heterocycles. The smallest absolute Gasteiger partial charge is 0.157 e. The van der Waals surface area contributed by atoms with Crippen LogP contribution in [0.4, 0.5) is 0 Å². The average molecular weight is 360 g/mol. The van der Waals surface area contributed by atoms with Crippen LogP contribution in [0.1, 0.15) is 0 Å². The second kappa shape index (κ2) is 8.34. The number of fused-ring (bicyclic) bond motifs is 1. The van der Waals surface area contributed by atoms with Gasteiger partial charge in [0.2, 0.25) is 0 Å². The van der Waals surface area contributed by atoms with E-state index in [1.807, 2.05) is 54.6 Å². The molecule has 128 valence electrons. The van der Waals surface area contributed by atoms with Gasteiger partial charge < -0.3 is 39.5 Å². The van der Waals surface area contributed by atoms with Crippen LogP contribution in [0.15, 0.2) is 88.1 Å². The number of ether oxygens (including phenoxy) is 1. The van der Waals surface area contributed by atoms with E-state index in [4.69, 9.17) is 9.15 Å². The van der Waals surface area contributed by atoms with Crippen LogP contribution >= 0.6 is 0 Å². The van der Waals surface area contributed by atoms with E-state index >= 15 is 0 Å². The SMILES string of the molecule is COc1cccc2oc(-[c-]3cccc3)cc(=O)c12.[Fe].[cH-]1[cH-][cH-][cH-][cH-]1. The molecule has 1 aromatic heterocycles. The minimum Gasteiger partial charge on any atom is -0.748 e. The van der Waals surface area contributed by atoms with E-state index in [-0.39, 0.29) is 22.5 Å². The standard InChI is InChI=1S/C15H11O3.C5H5.Fe/c1-17-12-7-4-8-13-15(12)11(16)9-14(18-13)10-5-2-3-6-10;1-2-4-5-3-1;/h2-9H,1H3;1-5H;/q-1;-5;. The summed E-state index contributed by atoms with van der Waals surface area (Å²) in [5.74, 6) is 1.11. The van der Waals surface area contributed by atoms with Gasteiger partial charge >= 0.3 is 0 Å². The molecule has 0 unspecified atom stereocenters. The Kier molecular flexibility index (Phi) is 6.19. The molecule has 0 aliphatic heterocycles. The largest absolute Gasteiger partial charge is 0.748 e. The number of rotatable bonds is 2. The van der Waals surface area contributed by atoms with E-state index in [2.05, 4.69) is 0 Å². The van der Waals surface area contributed by atoms with Gasteiger partial charge in [-0.25, -0.2) is 0 Å². The van der Waals surface area contributed by atoms with E-state index in [0.717, 1.165) is 5.56 Å². The number of benzene rings is 1. The molecule has 4 heteroatoms. The van der Waals surface area contributed by atoms with Gasteiger partial charge in [-0.3, -0.25) is 4.79 Å². The van der Waals surface area contributed by atoms with E-state index in [1.165, 1.54) is 6.07 Å². The molecule has 0 aliphatic carbocycles. The first-order chi connectivity index (χ1) is 11.3. The Balaban J connectivity index is 0.000000300. The second-order valence-corrected chi connectivity index (χ2v) is 4.94. The van der Waals surface area contributed by atoms with Crippen LogP contribution in [0.5, 0.6) is 5.75 Å².